The van der Waals surface area contributed by atoms with Gasteiger partial charge in [-0.1, -0.05) is 18.2 Å². The van der Waals surface area contributed by atoms with E-state index in [9.17, 15) is 14.5 Å². The Morgan fingerprint density at radius 1 is 1.21 bits per heavy atom. The van der Waals surface area contributed by atoms with E-state index < -0.39 is 16.4 Å². The zero-order chi connectivity index (χ0) is 14.0. The number of hydrogen-bond acceptors (Lipinski definition) is 3. The first-order valence-electron chi connectivity index (χ1n) is 5.45. The summed E-state index contributed by atoms with van der Waals surface area (Å²) < 4.78 is 14.3. The average molecular weight is 325 g/mol. The number of aryl methyl sites for hydroxylation is 1. The molecule has 1 N–H and O–H groups in total. The Balaban J connectivity index is 2.47. The lowest BCUT2D eigenvalue weighted by Gasteiger charge is -2.10. The molecule has 2 rings (SSSR count). The van der Waals surface area contributed by atoms with Crippen LogP contribution < -0.4 is 5.32 Å². The van der Waals surface area contributed by atoms with Crippen LogP contribution in [-0.4, -0.2) is 4.92 Å². The number of para-hydroxylation sites is 1. The van der Waals surface area contributed by atoms with Gasteiger partial charge in [-0.3, -0.25) is 10.1 Å². The molecule has 4 nitrogen and oxygen atoms in total. The molecule has 19 heavy (non-hydrogen) atoms. The fourth-order valence-electron chi connectivity index (χ4n) is 1.69. The number of nitrogens with one attached hydrogen (secondary N) is 1. The second kappa shape index (κ2) is 5.36. The van der Waals surface area contributed by atoms with E-state index in [2.05, 4.69) is 21.2 Å². The highest BCUT2D eigenvalue weighted by Gasteiger charge is 2.20. The van der Waals surface area contributed by atoms with Crippen molar-refractivity contribution in [2.24, 2.45) is 0 Å². The summed E-state index contributed by atoms with van der Waals surface area (Å²) in [5.74, 6) is -0.862. The van der Waals surface area contributed by atoms with Crippen molar-refractivity contribution in [1.82, 2.24) is 0 Å². The molecule has 2 aromatic carbocycles. The minimum Gasteiger partial charge on any atom is -0.349 e. The van der Waals surface area contributed by atoms with Crippen molar-refractivity contribution in [3.05, 3.63) is 62.4 Å². The molecule has 0 aliphatic rings. The molecule has 0 aromatic heterocycles. The third-order valence-corrected chi connectivity index (χ3v) is 3.68. The van der Waals surface area contributed by atoms with Crippen LogP contribution in [0.2, 0.25) is 0 Å². The van der Waals surface area contributed by atoms with Gasteiger partial charge in [-0.25, -0.2) is 0 Å². The van der Waals surface area contributed by atoms with Crippen LogP contribution in [-0.2, 0) is 0 Å². The zero-order valence-corrected chi connectivity index (χ0v) is 11.6. The van der Waals surface area contributed by atoms with E-state index in [4.69, 9.17) is 0 Å². The van der Waals surface area contributed by atoms with Crippen LogP contribution in [0.1, 0.15) is 5.56 Å². The van der Waals surface area contributed by atoms with Gasteiger partial charge in [0.15, 0.2) is 0 Å². The lowest BCUT2D eigenvalue weighted by molar-refractivity contribution is -0.386. The van der Waals surface area contributed by atoms with E-state index in [-0.39, 0.29) is 5.69 Å². The number of benzene rings is 2. The minimum absolute atomic E-state index is 0.122. The molecule has 0 aliphatic heterocycles. The van der Waals surface area contributed by atoms with Gasteiger partial charge in [0.1, 0.15) is 5.69 Å². The third kappa shape index (κ3) is 2.73. The molecule has 0 radical (unpaired) electrons. The predicted octanol–water partition coefficient (Wildman–Crippen LogP) is 4.55. The van der Waals surface area contributed by atoms with Crippen LogP contribution in [0.5, 0.6) is 0 Å². The van der Waals surface area contributed by atoms with Gasteiger partial charge in [-0.05, 0) is 46.6 Å². The summed E-state index contributed by atoms with van der Waals surface area (Å²) in [7, 11) is 0. The second-order valence-corrected chi connectivity index (χ2v) is 4.75. The molecule has 0 atom stereocenters. The maximum Gasteiger partial charge on any atom is 0.327 e. The maximum absolute atomic E-state index is 13.5. The second-order valence-electron chi connectivity index (χ2n) is 3.95. The van der Waals surface area contributed by atoms with Crippen LogP contribution in [0.15, 0.2) is 40.9 Å². The summed E-state index contributed by atoms with van der Waals surface area (Å²) >= 11 is 3.39. The topological polar surface area (TPSA) is 55.2 Å². The number of nitro groups is 1. The molecular weight excluding hydrogens is 315 g/mol. The van der Waals surface area contributed by atoms with Crippen molar-refractivity contribution in [1.29, 1.82) is 0 Å². The standard InChI is InChI=1S/C13H10BrFN2O2/c1-8-4-2-6-10(12(8)14)16-11-7-3-5-9(15)13(11)17(18)19/h2-7,16H,1H3. The van der Waals surface area contributed by atoms with Gasteiger partial charge in [0.2, 0.25) is 5.82 Å². The molecule has 0 heterocycles. The van der Waals surface area contributed by atoms with Gasteiger partial charge in [0.25, 0.3) is 0 Å². The molecule has 6 heteroatoms. The van der Waals surface area contributed by atoms with Crippen LogP contribution in [0.25, 0.3) is 0 Å². The number of rotatable bonds is 3. The summed E-state index contributed by atoms with van der Waals surface area (Å²) in [5, 5.41) is 13.8. The van der Waals surface area contributed by atoms with E-state index in [1.54, 1.807) is 6.07 Å². The van der Waals surface area contributed by atoms with E-state index in [0.717, 1.165) is 16.1 Å². The van der Waals surface area contributed by atoms with Gasteiger partial charge in [-0.2, -0.15) is 4.39 Å². The Labute approximate surface area is 117 Å². The Bertz CT molecular complexity index is 647. The highest BCUT2D eigenvalue weighted by atomic mass is 79.9. The summed E-state index contributed by atoms with van der Waals surface area (Å²) in [5.41, 5.74) is 1.19. The first-order valence-corrected chi connectivity index (χ1v) is 6.25. The van der Waals surface area contributed by atoms with Crippen LogP contribution in [0.3, 0.4) is 0 Å². The van der Waals surface area contributed by atoms with Crippen molar-refractivity contribution in [3.63, 3.8) is 0 Å². The number of nitrogens with zero attached hydrogens (tertiary/aromatic N) is 1. The molecule has 0 aliphatic carbocycles. The summed E-state index contributed by atoms with van der Waals surface area (Å²) in [6.45, 7) is 1.90. The molecule has 0 amide bonds. The lowest BCUT2D eigenvalue weighted by Crippen LogP contribution is -2.00. The Morgan fingerprint density at radius 2 is 1.84 bits per heavy atom. The quantitative estimate of drug-likeness (QED) is 0.665. The number of hydrogen-bond donors (Lipinski definition) is 1. The van der Waals surface area contributed by atoms with Crippen LogP contribution in [0, 0.1) is 22.9 Å². The van der Waals surface area contributed by atoms with Crippen LogP contribution >= 0.6 is 15.9 Å². The van der Waals surface area contributed by atoms with Gasteiger partial charge in [0, 0.05) is 4.47 Å². The van der Waals surface area contributed by atoms with Crippen molar-refractivity contribution in [3.8, 4) is 0 Å². The monoisotopic (exact) mass is 324 g/mol. The highest BCUT2D eigenvalue weighted by molar-refractivity contribution is 9.10. The fourth-order valence-corrected chi connectivity index (χ4v) is 2.05. The minimum atomic E-state index is -0.862. The summed E-state index contributed by atoms with van der Waals surface area (Å²) in [4.78, 5) is 10.2. The first kappa shape index (κ1) is 13.5. The van der Waals surface area contributed by atoms with Gasteiger partial charge in [0.05, 0.1) is 10.6 Å². The zero-order valence-electron chi connectivity index (χ0n) is 9.98. The van der Waals surface area contributed by atoms with Gasteiger partial charge < -0.3 is 5.32 Å². The van der Waals surface area contributed by atoms with E-state index in [0.29, 0.717) is 5.69 Å². The molecule has 0 bridgehead atoms. The fraction of sp³-hybridized carbons (Fsp3) is 0.0769. The first-order chi connectivity index (χ1) is 9.00. The Morgan fingerprint density at radius 3 is 2.53 bits per heavy atom. The SMILES string of the molecule is Cc1cccc(Nc2cccc(F)c2[N+](=O)[O-])c1Br. The summed E-state index contributed by atoms with van der Waals surface area (Å²) in [6.07, 6.45) is 0. The van der Waals surface area contributed by atoms with Gasteiger partial charge in [-0.15, -0.1) is 0 Å². The van der Waals surface area contributed by atoms with Crippen molar-refractivity contribution in [2.75, 3.05) is 5.32 Å². The normalized spacial score (nSPS) is 10.3. The smallest absolute Gasteiger partial charge is 0.327 e. The van der Waals surface area contributed by atoms with Crippen molar-refractivity contribution >= 4 is 33.0 Å². The molecule has 98 valence electrons. The van der Waals surface area contributed by atoms with Crippen molar-refractivity contribution < 1.29 is 9.31 Å². The molecular formula is C13H10BrFN2O2. The third-order valence-electron chi connectivity index (χ3n) is 2.63. The predicted molar refractivity (Wildman–Crippen MR) is 75.2 cm³/mol. The van der Waals surface area contributed by atoms with Gasteiger partial charge >= 0.3 is 5.69 Å². The lowest BCUT2D eigenvalue weighted by atomic mass is 10.2. The largest absolute Gasteiger partial charge is 0.349 e. The summed E-state index contributed by atoms with van der Waals surface area (Å²) in [6, 6.07) is 9.42. The molecule has 0 fully saturated rings. The van der Waals surface area contributed by atoms with E-state index in [1.165, 1.54) is 12.1 Å². The average Bonchev–Trinajstić information content (AvgIpc) is 2.34. The Hall–Kier alpha value is -1.95. The maximum atomic E-state index is 13.5. The Kier molecular flexibility index (Phi) is 3.80. The number of nitro benzene ring substituents is 1. The molecule has 0 unspecified atom stereocenters. The van der Waals surface area contributed by atoms with Crippen LogP contribution in [0.4, 0.5) is 21.5 Å². The number of halogens is 2. The molecule has 0 saturated heterocycles. The van der Waals surface area contributed by atoms with E-state index >= 15 is 0 Å². The number of anilines is 2. The van der Waals surface area contributed by atoms with E-state index in [1.807, 2.05) is 19.1 Å². The molecule has 0 spiro atoms. The molecule has 2 aromatic rings. The van der Waals surface area contributed by atoms with Crippen molar-refractivity contribution in [2.45, 2.75) is 6.92 Å². The molecule has 0 saturated carbocycles. The highest BCUT2D eigenvalue weighted by Crippen LogP contribution is 2.33.